The maximum absolute atomic E-state index is 14.1. The summed E-state index contributed by atoms with van der Waals surface area (Å²) in [7, 11) is 0. The molecule has 3 heterocycles. The van der Waals surface area contributed by atoms with Crippen molar-refractivity contribution in [3.63, 3.8) is 0 Å². The monoisotopic (exact) mass is 579 g/mol. The van der Waals surface area contributed by atoms with Gasteiger partial charge in [0.05, 0.1) is 29.2 Å². The number of hydrogen-bond donors (Lipinski definition) is 3. The molecule has 3 amide bonds. The lowest BCUT2D eigenvalue weighted by atomic mass is 9.70. The van der Waals surface area contributed by atoms with E-state index in [4.69, 9.17) is 0 Å². The topological polar surface area (TPSA) is 98.7 Å². The largest absolute Gasteiger partial charge is 0.394 e. The Morgan fingerprint density at radius 2 is 1.94 bits per heavy atom. The van der Waals surface area contributed by atoms with Gasteiger partial charge in [-0.2, -0.15) is 0 Å². The second-order valence-corrected chi connectivity index (χ2v) is 13.4. The molecule has 9 heteroatoms. The number of thioether (sulfide) groups is 1. The standard InChI is InChI=1S/C27H38BrN3O4S/c1-4-5-11-29-25(34)23-27-13-19(28)22(36-27)20(24(33)30-14-17-9-7-6-8-10-17)21(27)26(35)31(23)18(15-32)12-16(2)3/h6-10,16,18-23,32H,4-5,11-15H2,1-3H3,(H,29,34)(H,30,33)/t18-,19?,20+,21+,22+,23?,27?/m1/s1. The average Bonchev–Trinajstić information content (AvgIpc) is 3.45. The number of carbonyl (C=O) groups is 3. The van der Waals surface area contributed by atoms with Crippen LogP contribution in [0.25, 0.3) is 0 Å². The fraction of sp³-hybridized carbons (Fsp3) is 0.667. The van der Waals surface area contributed by atoms with Crippen LogP contribution >= 0.6 is 27.7 Å². The Balaban J connectivity index is 1.66. The average molecular weight is 581 g/mol. The number of alkyl halides is 1. The number of amides is 3. The van der Waals surface area contributed by atoms with Gasteiger partial charge in [-0.05, 0) is 30.7 Å². The summed E-state index contributed by atoms with van der Waals surface area (Å²) in [4.78, 5) is 43.1. The number of aliphatic hydroxyl groups is 1. The molecule has 198 valence electrons. The third-order valence-electron chi connectivity index (χ3n) is 7.76. The number of unbranched alkanes of at least 4 members (excludes halogenated alkanes) is 1. The predicted octanol–water partition coefficient (Wildman–Crippen LogP) is 3.09. The number of fused-ring (bicyclic) bond motifs is 1. The maximum atomic E-state index is 14.1. The van der Waals surface area contributed by atoms with Crippen molar-refractivity contribution < 1.29 is 19.5 Å². The molecule has 0 aliphatic carbocycles. The molecule has 0 saturated carbocycles. The molecule has 4 rings (SSSR count). The minimum absolute atomic E-state index is 0.0302. The Morgan fingerprint density at radius 3 is 2.58 bits per heavy atom. The molecule has 3 fully saturated rings. The lowest BCUT2D eigenvalue weighted by molar-refractivity contribution is -0.143. The predicted molar refractivity (Wildman–Crippen MR) is 146 cm³/mol. The van der Waals surface area contributed by atoms with Gasteiger partial charge in [-0.25, -0.2) is 0 Å². The van der Waals surface area contributed by atoms with Crippen LogP contribution in [0.15, 0.2) is 30.3 Å². The summed E-state index contributed by atoms with van der Waals surface area (Å²) in [5, 5.41) is 16.3. The van der Waals surface area contributed by atoms with Crippen LogP contribution < -0.4 is 10.6 Å². The first-order valence-corrected chi connectivity index (χ1v) is 14.9. The molecule has 7 nitrogen and oxygen atoms in total. The zero-order valence-corrected chi connectivity index (χ0v) is 23.7. The third-order valence-corrected chi connectivity index (χ3v) is 11.0. The Bertz CT molecular complexity index is 964. The Hall–Kier alpha value is -1.58. The van der Waals surface area contributed by atoms with Gasteiger partial charge in [0.15, 0.2) is 0 Å². The van der Waals surface area contributed by atoms with Crippen LogP contribution in [-0.4, -0.2) is 67.8 Å². The van der Waals surface area contributed by atoms with Gasteiger partial charge in [-0.3, -0.25) is 14.4 Å². The molecule has 3 unspecified atom stereocenters. The fourth-order valence-corrected chi connectivity index (χ4v) is 9.87. The van der Waals surface area contributed by atoms with Crippen LogP contribution in [0.1, 0.15) is 52.0 Å². The number of nitrogens with one attached hydrogen (secondary N) is 2. The molecule has 0 radical (unpaired) electrons. The number of benzene rings is 1. The van der Waals surface area contributed by atoms with Gasteiger partial charge in [0.1, 0.15) is 6.04 Å². The number of nitrogens with zero attached hydrogens (tertiary/aromatic N) is 1. The van der Waals surface area contributed by atoms with Crippen molar-refractivity contribution in [2.24, 2.45) is 17.8 Å². The van der Waals surface area contributed by atoms with Crippen molar-refractivity contribution in [1.82, 2.24) is 15.5 Å². The molecule has 0 aromatic heterocycles. The molecule has 3 N–H and O–H groups in total. The first kappa shape index (κ1) is 27.5. The molecular formula is C27H38BrN3O4S. The zero-order chi connectivity index (χ0) is 26.0. The third kappa shape index (κ3) is 4.95. The minimum Gasteiger partial charge on any atom is -0.394 e. The Kier molecular flexibility index (Phi) is 8.72. The van der Waals surface area contributed by atoms with Crippen LogP contribution in [0, 0.1) is 17.8 Å². The van der Waals surface area contributed by atoms with E-state index in [-0.39, 0.29) is 40.3 Å². The molecule has 3 aliphatic heterocycles. The summed E-state index contributed by atoms with van der Waals surface area (Å²) in [6, 6.07) is 8.56. The van der Waals surface area contributed by atoms with Crippen LogP contribution in [0.2, 0.25) is 0 Å². The molecule has 1 aromatic rings. The van der Waals surface area contributed by atoms with E-state index < -0.39 is 28.7 Å². The van der Waals surface area contributed by atoms with E-state index in [9.17, 15) is 19.5 Å². The van der Waals surface area contributed by atoms with E-state index in [1.165, 1.54) is 0 Å². The molecule has 1 spiro atoms. The van der Waals surface area contributed by atoms with Gasteiger partial charge in [-0.1, -0.05) is 73.5 Å². The van der Waals surface area contributed by atoms with Crippen molar-refractivity contribution in [1.29, 1.82) is 0 Å². The van der Waals surface area contributed by atoms with Gasteiger partial charge in [0, 0.05) is 23.2 Å². The molecule has 1 aromatic carbocycles. The van der Waals surface area contributed by atoms with Gasteiger partial charge >= 0.3 is 0 Å². The Morgan fingerprint density at radius 1 is 1.22 bits per heavy atom. The summed E-state index contributed by atoms with van der Waals surface area (Å²) in [6.45, 7) is 6.91. The van der Waals surface area contributed by atoms with E-state index in [0.717, 1.165) is 18.4 Å². The maximum Gasteiger partial charge on any atom is 0.244 e. The van der Waals surface area contributed by atoms with Crippen molar-refractivity contribution >= 4 is 45.4 Å². The zero-order valence-electron chi connectivity index (χ0n) is 21.3. The van der Waals surface area contributed by atoms with Gasteiger partial charge in [0.25, 0.3) is 0 Å². The van der Waals surface area contributed by atoms with Crippen molar-refractivity contribution in [2.75, 3.05) is 13.2 Å². The second kappa shape index (κ2) is 11.4. The van der Waals surface area contributed by atoms with E-state index in [1.807, 2.05) is 44.2 Å². The number of likely N-dealkylation sites (tertiary alicyclic amines) is 1. The summed E-state index contributed by atoms with van der Waals surface area (Å²) < 4.78 is -0.689. The number of rotatable bonds is 11. The van der Waals surface area contributed by atoms with E-state index >= 15 is 0 Å². The van der Waals surface area contributed by atoms with Gasteiger partial charge in [0.2, 0.25) is 17.7 Å². The Labute approximate surface area is 226 Å². The minimum atomic E-state index is -0.704. The number of hydrogen-bond acceptors (Lipinski definition) is 5. The molecule has 3 saturated heterocycles. The van der Waals surface area contributed by atoms with E-state index in [2.05, 4.69) is 33.5 Å². The lowest BCUT2D eigenvalue weighted by Crippen LogP contribution is -2.57. The lowest BCUT2D eigenvalue weighted by Gasteiger charge is -2.37. The molecule has 7 atom stereocenters. The molecule has 2 bridgehead atoms. The van der Waals surface area contributed by atoms with Crippen LogP contribution in [0.5, 0.6) is 0 Å². The first-order chi connectivity index (χ1) is 17.2. The van der Waals surface area contributed by atoms with Gasteiger partial charge < -0.3 is 20.6 Å². The van der Waals surface area contributed by atoms with Crippen molar-refractivity contribution in [3.05, 3.63) is 35.9 Å². The van der Waals surface area contributed by atoms with E-state index in [0.29, 0.717) is 25.9 Å². The molecule has 3 aliphatic rings. The highest BCUT2D eigenvalue weighted by atomic mass is 79.9. The first-order valence-electron chi connectivity index (χ1n) is 13.1. The number of carbonyl (C=O) groups excluding carboxylic acids is 3. The highest BCUT2D eigenvalue weighted by Gasteiger charge is 2.76. The molecule has 36 heavy (non-hydrogen) atoms. The van der Waals surface area contributed by atoms with Crippen molar-refractivity contribution in [2.45, 2.75) is 79.9 Å². The quantitative estimate of drug-likeness (QED) is 0.276. The SMILES string of the molecule is CCCCNC(=O)C1N([C@@H](CO)CC(C)C)C(=O)[C@@H]2[C@H](C(=O)NCc3ccccc3)[C@H]3SC12CC3Br. The van der Waals surface area contributed by atoms with Crippen LogP contribution in [-0.2, 0) is 20.9 Å². The highest BCUT2D eigenvalue weighted by Crippen LogP contribution is 2.68. The van der Waals surface area contributed by atoms with Gasteiger partial charge in [-0.15, -0.1) is 11.8 Å². The van der Waals surface area contributed by atoms with Crippen LogP contribution in [0.4, 0.5) is 0 Å². The van der Waals surface area contributed by atoms with Crippen molar-refractivity contribution in [3.8, 4) is 0 Å². The normalized spacial score (nSPS) is 31.6. The summed E-state index contributed by atoms with van der Waals surface area (Å²) >= 11 is 5.43. The van der Waals surface area contributed by atoms with Crippen LogP contribution in [0.3, 0.4) is 0 Å². The summed E-state index contributed by atoms with van der Waals surface area (Å²) in [6.07, 6.45) is 3.06. The van der Waals surface area contributed by atoms with E-state index in [1.54, 1.807) is 16.7 Å². The number of aliphatic hydroxyl groups excluding tert-OH is 1. The fourth-order valence-electron chi connectivity index (χ4n) is 6.27. The summed E-state index contributed by atoms with van der Waals surface area (Å²) in [5.74, 6) is -1.34. The second-order valence-electron chi connectivity index (χ2n) is 10.7. The number of halogens is 1. The molecular weight excluding hydrogens is 542 g/mol. The summed E-state index contributed by atoms with van der Waals surface area (Å²) in [5.41, 5.74) is 0.997. The highest BCUT2D eigenvalue weighted by molar-refractivity contribution is 9.09. The smallest absolute Gasteiger partial charge is 0.244 e.